The van der Waals surface area contributed by atoms with Gasteiger partial charge in [0, 0.05) is 4.88 Å². The molecule has 1 aromatic heterocycles. The van der Waals surface area contributed by atoms with Crippen molar-refractivity contribution in [2.75, 3.05) is 0 Å². The monoisotopic (exact) mass is 241 g/mol. The van der Waals surface area contributed by atoms with Crippen molar-refractivity contribution in [2.24, 2.45) is 11.3 Å². The summed E-state index contributed by atoms with van der Waals surface area (Å²) < 4.78 is 0. The average molecular weight is 241 g/mol. The predicted molar refractivity (Wildman–Crippen MR) is 70.3 cm³/mol. The highest BCUT2D eigenvalue weighted by atomic mass is 32.1. The summed E-state index contributed by atoms with van der Waals surface area (Å²) in [5.74, 6) is 5.64. The van der Waals surface area contributed by atoms with Gasteiger partial charge in [0.25, 0.3) is 0 Å². The molecule has 1 aromatic rings. The second-order valence-corrected chi connectivity index (χ2v) is 6.74. The van der Waals surface area contributed by atoms with Crippen molar-refractivity contribution in [1.29, 1.82) is 0 Å². The van der Waals surface area contributed by atoms with Crippen LogP contribution in [0.15, 0.2) is 0 Å². The van der Waals surface area contributed by atoms with Gasteiger partial charge in [-0.1, -0.05) is 20.8 Å². The van der Waals surface area contributed by atoms with Gasteiger partial charge < -0.3 is 0 Å². The van der Waals surface area contributed by atoms with E-state index in [1.807, 2.05) is 6.92 Å². The van der Waals surface area contributed by atoms with Crippen molar-refractivity contribution in [3.8, 4) is 0 Å². The van der Waals surface area contributed by atoms with Crippen LogP contribution in [0.5, 0.6) is 0 Å². The summed E-state index contributed by atoms with van der Waals surface area (Å²) in [6, 6.07) is 0.241. The summed E-state index contributed by atoms with van der Waals surface area (Å²) in [5, 5.41) is 1.11. The highest BCUT2D eigenvalue weighted by Crippen LogP contribution is 2.31. The lowest BCUT2D eigenvalue weighted by molar-refractivity contribution is 0.334. The van der Waals surface area contributed by atoms with E-state index in [-0.39, 0.29) is 6.04 Å². The first-order valence-electron chi connectivity index (χ1n) is 5.73. The van der Waals surface area contributed by atoms with Gasteiger partial charge in [0.15, 0.2) is 0 Å². The Bertz CT molecular complexity index is 339. The highest BCUT2D eigenvalue weighted by molar-refractivity contribution is 7.11. The maximum atomic E-state index is 5.64. The standard InChI is InChI=1S/C12H23N3S/c1-8-11(16-9(2)14-8)10(15-13)6-7-12(3,4)5/h10,15H,6-7,13H2,1-5H3. The van der Waals surface area contributed by atoms with Gasteiger partial charge in [-0.25, -0.2) is 4.98 Å². The Morgan fingerprint density at radius 3 is 2.38 bits per heavy atom. The summed E-state index contributed by atoms with van der Waals surface area (Å²) in [4.78, 5) is 5.73. The van der Waals surface area contributed by atoms with Gasteiger partial charge in [-0.15, -0.1) is 11.3 Å². The number of nitrogens with two attached hydrogens (primary N) is 1. The van der Waals surface area contributed by atoms with Crippen LogP contribution in [0, 0.1) is 19.3 Å². The van der Waals surface area contributed by atoms with Crippen molar-refractivity contribution in [3.05, 3.63) is 15.6 Å². The molecule has 0 amide bonds. The van der Waals surface area contributed by atoms with Crippen LogP contribution in [0.3, 0.4) is 0 Å². The maximum absolute atomic E-state index is 5.64. The molecule has 0 aliphatic rings. The van der Waals surface area contributed by atoms with Crippen LogP contribution >= 0.6 is 11.3 Å². The number of aromatic nitrogens is 1. The molecule has 0 saturated carbocycles. The first-order chi connectivity index (χ1) is 7.33. The van der Waals surface area contributed by atoms with Crippen LogP contribution in [0.1, 0.15) is 55.2 Å². The van der Waals surface area contributed by atoms with Crippen molar-refractivity contribution < 1.29 is 0 Å². The van der Waals surface area contributed by atoms with Gasteiger partial charge in [-0.05, 0) is 32.1 Å². The zero-order valence-electron chi connectivity index (χ0n) is 10.9. The van der Waals surface area contributed by atoms with Crippen LogP contribution in [0.2, 0.25) is 0 Å². The minimum atomic E-state index is 0.241. The molecule has 16 heavy (non-hydrogen) atoms. The van der Waals surface area contributed by atoms with E-state index in [0.717, 1.165) is 23.5 Å². The fraction of sp³-hybridized carbons (Fsp3) is 0.750. The Hall–Kier alpha value is -0.450. The largest absolute Gasteiger partial charge is 0.271 e. The number of hydrazine groups is 1. The van der Waals surface area contributed by atoms with Crippen molar-refractivity contribution >= 4 is 11.3 Å². The molecule has 1 unspecified atom stereocenters. The Labute approximate surface area is 102 Å². The van der Waals surface area contributed by atoms with E-state index in [9.17, 15) is 0 Å². The molecule has 0 fully saturated rings. The number of thiazole rings is 1. The summed E-state index contributed by atoms with van der Waals surface area (Å²) >= 11 is 1.74. The third-order valence-corrected chi connectivity index (χ3v) is 3.83. The normalized spacial score (nSPS) is 14.1. The smallest absolute Gasteiger partial charge is 0.0900 e. The van der Waals surface area contributed by atoms with Crippen molar-refractivity contribution in [3.63, 3.8) is 0 Å². The first kappa shape index (κ1) is 13.6. The van der Waals surface area contributed by atoms with E-state index in [4.69, 9.17) is 5.84 Å². The van der Waals surface area contributed by atoms with Crippen LogP contribution < -0.4 is 11.3 Å². The molecule has 1 rings (SSSR count). The highest BCUT2D eigenvalue weighted by Gasteiger charge is 2.19. The third kappa shape index (κ3) is 3.85. The Morgan fingerprint density at radius 2 is 2.00 bits per heavy atom. The molecular weight excluding hydrogens is 218 g/mol. The molecule has 92 valence electrons. The van der Waals surface area contributed by atoms with E-state index in [1.165, 1.54) is 4.88 Å². The van der Waals surface area contributed by atoms with Gasteiger partial charge in [-0.3, -0.25) is 11.3 Å². The molecule has 1 atom stereocenters. The number of nitrogens with zero attached hydrogens (tertiary/aromatic N) is 1. The molecule has 4 heteroatoms. The minimum Gasteiger partial charge on any atom is -0.271 e. The molecule has 0 aliphatic heterocycles. The zero-order valence-corrected chi connectivity index (χ0v) is 11.7. The van der Waals surface area contributed by atoms with E-state index in [1.54, 1.807) is 11.3 Å². The topological polar surface area (TPSA) is 50.9 Å². The molecule has 0 bridgehead atoms. The fourth-order valence-electron chi connectivity index (χ4n) is 1.74. The predicted octanol–water partition coefficient (Wildman–Crippen LogP) is 3.09. The van der Waals surface area contributed by atoms with Crippen molar-refractivity contribution in [1.82, 2.24) is 10.4 Å². The molecule has 0 saturated heterocycles. The van der Waals surface area contributed by atoms with Crippen LogP contribution in [-0.2, 0) is 0 Å². The number of hydrogen-bond acceptors (Lipinski definition) is 4. The lowest BCUT2D eigenvalue weighted by Crippen LogP contribution is -2.28. The molecule has 0 radical (unpaired) electrons. The molecule has 3 N–H and O–H groups in total. The van der Waals surface area contributed by atoms with Crippen LogP contribution in [-0.4, -0.2) is 4.98 Å². The van der Waals surface area contributed by atoms with Gasteiger partial charge in [0.05, 0.1) is 16.7 Å². The van der Waals surface area contributed by atoms with E-state index >= 15 is 0 Å². The summed E-state index contributed by atoms with van der Waals surface area (Å²) in [5.41, 5.74) is 4.38. The number of aryl methyl sites for hydroxylation is 2. The summed E-state index contributed by atoms with van der Waals surface area (Å²) in [6.07, 6.45) is 2.21. The second-order valence-electron chi connectivity index (χ2n) is 5.50. The molecule has 0 spiro atoms. The summed E-state index contributed by atoms with van der Waals surface area (Å²) in [7, 11) is 0. The first-order valence-corrected chi connectivity index (χ1v) is 6.55. The maximum Gasteiger partial charge on any atom is 0.0900 e. The van der Waals surface area contributed by atoms with Gasteiger partial charge >= 0.3 is 0 Å². The third-order valence-electron chi connectivity index (χ3n) is 2.64. The lowest BCUT2D eigenvalue weighted by Gasteiger charge is -2.22. The number of nitrogens with one attached hydrogen (secondary N) is 1. The average Bonchev–Trinajstić information content (AvgIpc) is 2.45. The molecule has 0 aliphatic carbocycles. The SMILES string of the molecule is Cc1nc(C)c(C(CCC(C)(C)C)NN)s1. The molecule has 1 heterocycles. The zero-order chi connectivity index (χ0) is 12.3. The van der Waals surface area contributed by atoms with Crippen molar-refractivity contribution in [2.45, 2.75) is 53.5 Å². The molecule has 3 nitrogen and oxygen atoms in total. The number of hydrogen-bond donors (Lipinski definition) is 2. The Morgan fingerprint density at radius 1 is 1.38 bits per heavy atom. The number of rotatable bonds is 4. The van der Waals surface area contributed by atoms with E-state index < -0.39 is 0 Å². The quantitative estimate of drug-likeness (QED) is 0.629. The van der Waals surface area contributed by atoms with Gasteiger partial charge in [0.2, 0.25) is 0 Å². The molecular formula is C12H23N3S. The van der Waals surface area contributed by atoms with E-state index in [2.05, 4.69) is 38.1 Å². The lowest BCUT2D eigenvalue weighted by atomic mass is 9.88. The second kappa shape index (κ2) is 5.25. The summed E-state index contributed by atoms with van der Waals surface area (Å²) in [6.45, 7) is 10.9. The van der Waals surface area contributed by atoms with Gasteiger partial charge in [0.1, 0.15) is 0 Å². The van der Waals surface area contributed by atoms with Crippen LogP contribution in [0.4, 0.5) is 0 Å². The molecule has 0 aromatic carbocycles. The Kier molecular flexibility index (Phi) is 4.47. The minimum absolute atomic E-state index is 0.241. The Balaban J connectivity index is 2.71. The fourth-order valence-corrected chi connectivity index (χ4v) is 2.76. The van der Waals surface area contributed by atoms with E-state index in [0.29, 0.717) is 5.41 Å². The van der Waals surface area contributed by atoms with Gasteiger partial charge in [-0.2, -0.15) is 0 Å². The van der Waals surface area contributed by atoms with Crippen LogP contribution in [0.25, 0.3) is 0 Å².